The molecule has 1 N–H and O–H groups in total. The largest absolute Gasteiger partial charge is 0.497 e. The van der Waals surface area contributed by atoms with Gasteiger partial charge in [0.25, 0.3) is 5.76 Å². The number of hydrogen-bond acceptors (Lipinski definition) is 6. The second-order valence-electron chi connectivity index (χ2n) is 10.9. The smallest absolute Gasteiger partial charge is 0.453 e. The molecule has 0 atom stereocenters. The van der Waals surface area contributed by atoms with E-state index in [1.165, 1.54) is 31.4 Å². The average molecular weight is 613 g/mol. The van der Waals surface area contributed by atoms with Gasteiger partial charge in [-0.15, -0.1) is 0 Å². The van der Waals surface area contributed by atoms with Gasteiger partial charge >= 0.3 is 12.1 Å². The normalized spacial score (nSPS) is 11.7. The van der Waals surface area contributed by atoms with Crippen LogP contribution in [-0.4, -0.2) is 26.2 Å². The number of quaternary nitrogens is 1. The van der Waals surface area contributed by atoms with E-state index in [-0.39, 0.29) is 40.1 Å². The summed E-state index contributed by atoms with van der Waals surface area (Å²) < 4.78 is 65.8. The molecule has 1 heterocycles. The Morgan fingerprint density at radius 2 is 1.59 bits per heavy atom. The highest BCUT2D eigenvalue weighted by Crippen LogP contribution is 2.41. The van der Waals surface area contributed by atoms with E-state index in [4.69, 9.17) is 18.6 Å². The van der Waals surface area contributed by atoms with E-state index in [1.807, 2.05) is 26.8 Å². The van der Waals surface area contributed by atoms with Gasteiger partial charge in [-0.3, -0.25) is 4.79 Å². The van der Waals surface area contributed by atoms with Crippen LogP contribution in [-0.2, 0) is 12.7 Å². The molecule has 0 aliphatic carbocycles. The Bertz CT molecular complexity index is 1700. The fourth-order valence-corrected chi connectivity index (χ4v) is 5.18. The number of ether oxygens (including phenoxy) is 3. The summed E-state index contributed by atoms with van der Waals surface area (Å²) >= 11 is 0. The molecule has 0 unspecified atom stereocenters. The lowest BCUT2D eigenvalue weighted by Crippen LogP contribution is -3.10. The summed E-state index contributed by atoms with van der Waals surface area (Å²) in [5.41, 5.74) is 1.31. The van der Waals surface area contributed by atoms with Crippen molar-refractivity contribution in [3.63, 3.8) is 0 Å². The Morgan fingerprint density at radius 3 is 2.18 bits per heavy atom. The van der Waals surface area contributed by atoms with Crippen LogP contribution < -0.4 is 24.5 Å². The van der Waals surface area contributed by atoms with Crippen LogP contribution in [0.3, 0.4) is 0 Å². The van der Waals surface area contributed by atoms with Crippen molar-refractivity contribution in [3.8, 4) is 23.0 Å². The first-order valence-corrected chi connectivity index (χ1v) is 14.5. The number of carbonyl (C=O) groups is 1. The highest BCUT2D eigenvalue weighted by Gasteiger charge is 2.41. The van der Waals surface area contributed by atoms with Crippen molar-refractivity contribution in [2.24, 2.45) is 0 Å². The van der Waals surface area contributed by atoms with E-state index in [0.717, 1.165) is 28.9 Å². The lowest BCUT2D eigenvalue weighted by Gasteiger charge is -2.21. The maximum absolute atomic E-state index is 14.5. The summed E-state index contributed by atoms with van der Waals surface area (Å²) in [5, 5.41) is -0.110. The fraction of sp³-hybridized carbons (Fsp3) is 0.353. The van der Waals surface area contributed by atoms with E-state index in [9.17, 15) is 22.8 Å². The maximum atomic E-state index is 14.5. The summed E-state index contributed by atoms with van der Waals surface area (Å²) in [5.74, 6) is -2.53. The fourth-order valence-electron chi connectivity index (χ4n) is 5.18. The van der Waals surface area contributed by atoms with Gasteiger partial charge in [-0.25, -0.2) is 4.79 Å². The van der Waals surface area contributed by atoms with Gasteiger partial charge in [-0.05, 0) is 92.8 Å². The summed E-state index contributed by atoms with van der Waals surface area (Å²) in [6.45, 7) is 10.9. The highest BCUT2D eigenvalue weighted by atomic mass is 19.4. The maximum Gasteiger partial charge on any atom is 0.453 e. The minimum atomic E-state index is -5.05. The lowest BCUT2D eigenvalue weighted by atomic mass is 10.1. The number of nitrogens with one attached hydrogen (secondary N) is 1. The number of alkyl halides is 3. The van der Waals surface area contributed by atoms with Crippen LogP contribution in [0.1, 0.15) is 65.1 Å². The van der Waals surface area contributed by atoms with Gasteiger partial charge in [0.2, 0.25) is 11.2 Å². The molecule has 0 saturated heterocycles. The minimum absolute atomic E-state index is 0.0121. The molecule has 234 valence electrons. The monoisotopic (exact) mass is 612 g/mol. The van der Waals surface area contributed by atoms with Gasteiger partial charge in [0.15, 0.2) is 5.58 Å². The van der Waals surface area contributed by atoms with E-state index in [2.05, 4.69) is 0 Å². The minimum Gasteiger partial charge on any atom is -0.497 e. The van der Waals surface area contributed by atoms with E-state index in [0.29, 0.717) is 24.4 Å². The van der Waals surface area contributed by atoms with Crippen LogP contribution in [0.5, 0.6) is 23.0 Å². The Hall–Kier alpha value is -4.31. The Morgan fingerprint density at radius 1 is 0.932 bits per heavy atom. The van der Waals surface area contributed by atoms with Crippen molar-refractivity contribution < 1.29 is 41.5 Å². The summed E-state index contributed by atoms with van der Waals surface area (Å²) in [4.78, 5) is 27.9. The summed E-state index contributed by atoms with van der Waals surface area (Å²) in [7, 11) is 1.50. The number of hydrogen-bond donors (Lipinski definition) is 1. The van der Waals surface area contributed by atoms with Crippen molar-refractivity contribution in [2.45, 2.75) is 60.2 Å². The van der Waals surface area contributed by atoms with Gasteiger partial charge in [-0.1, -0.05) is 19.9 Å². The topological polar surface area (TPSA) is 79.4 Å². The van der Waals surface area contributed by atoms with Crippen LogP contribution in [0.25, 0.3) is 11.0 Å². The van der Waals surface area contributed by atoms with Crippen LogP contribution in [0.4, 0.5) is 13.2 Å². The lowest BCUT2D eigenvalue weighted by molar-refractivity contribution is -0.913. The van der Waals surface area contributed by atoms with Gasteiger partial charge < -0.3 is 23.5 Å². The SMILES string of the molecule is CCC[NH+](CCC)Cc1c(OC(=O)c2ccc(OC)cc2)ccc2c(=O)c(Oc3cc(C)cc(C)c3C)c(C(F)(F)F)oc12. The molecule has 1 aromatic heterocycles. The number of methoxy groups -OCH3 is 1. The van der Waals surface area contributed by atoms with E-state index < -0.39 is 29.1 Å². The van der Waals surface area contributed by atoms with Crippen LogP contribution in [0.15, 0.2) is 57.7 Å². The van der Waals surface area contributed by atoms with Crippen LogP contribution >= 0.6 is 0 Å². The van der Waals surface area contributed by atoms with Crippen LogP contribution in [0.2, 0.25) is 0 Å². The van der Waals surface area contributed by atoms with Gasteiger partial charge in [0, 0.05) is 0 Å². The zero-order valence-corrected chi connectivity index (χ0v) is 25.7. The first kappa shape index (κ1) is 32.6. The summed E-state index contributed by atoms with van der Waals surface area (Å²) in [6, 6.07) is 12.4. The molecule has 4 rings (SSSR count). The number of rotatable bonds is 11. The number of aryl methyl sites for hydroxylation is 2. The third-order valence-electron chi connectivity index (χ3n) is 7.47. The van der Waals surface area contributed by atoms with E-state index in [1.54, 1.807) is 32.0 Å². The quantitative estimate of drug-likeness (QED) is 0.146. The number of benzene rings is 3. The molecule has 44 heavy (non-hydrogen) atoms. The standard InChI is InChI=1S/C34H36F3NO6/c1-7-15-38(16-8-2)19-26-27(43-33(40)23-9-11-24(41-6)12-10-23)14-13-25-29(39)31(32(34(35,36)37)44-30(25)26)42-28-18-20(3)17-21(4)22(28)5/h9-14,17-18H,7-8,15-16,19H2,1-6H3/p+1. The number of esters is 1. The molecule has 0 saturated carbocycles. The first-order valence-electron chi connectivity index (χ1n) is 14.5. The molecule has 0 bridgehead atoms. The van der Waals surface area contributed by atoms with Crippen molar-refractivity contribution in [2.75, 3.05) is 20.2 Å². The predicted octanol–water partition coefficient (Wildman–Crippen LogP) is 6.96. The zero-order valence-electron chi connectivity index (χ0n) is 25.7. The molecule has 0 radical (unpaired) electrons. The first-order chi connectivity index (χ1) is 20.9. The molecule has 0 aliphatic heterocycles. The van der Waals surface area contributed by atoms with Crippen molar-refractivity contribution >= 4 is 16.9 Å². The van der Waals surface area contributed by atoms with E-state index >= 15 is 0 Å². The van der Waals surface area contributed by atoms with Gasteiger partial charge in [0.1, 0.15) is 23.8 Å². The van der Waals surface area contributed by atoms with Crippen LogP contribution in [0, 0.1) is 20.8 Å². The average Bonchev–Trinajstić information content (AvgIpc) is 2.97. The molecule has 7 nitrogen and oxygen atoms in total. The Labute approximate surface area is 254 Å². The molecule has 0 amide bonds. The zero-order chi connectivity index (χ0) is 32.2. The number of fused-ring (bicyclic) bond motifs is 1. The summed E-state index contributed by atoms with van der Waals surface area (Å²) in [6.07, 6.45) is -3.43. The number of halogens is 3. The van der Waals surface area contributed by atoms with Gasteiger partial charge in [-0.2, -0.15) is 13.2 Å². The molecule has 3 aromatic carbocycles. The van der Waals surface area contributed by atoms with Crippen molar-refractivity contribution in [3.05, 3.63) is 92.3 Å². The van der Waals surface area contributed by atoms with Gasteiger partial charge in [0.05, 0.1) is 36.7 Å². The molecule has 0 fully saturated rings. The molecule has 0 aliphatic rings. The molecular formula is C34H37F3NO6+. The van der Waals surface area contributed by atoms with Crippen molar-refractivity contribution in [1.82, 2.24) is 0 Å². The number of carbonyl (C=O) groups excluding carboxylic acids is 1. The molecule has 4 aromatic rings. The predicted molar refractivity (Wildman–Crippen MR) is 161 cm³/mol. The second kappa shape index (κ2) is 13.5. The second-order valence-corrected chi connectivity index (χ2v) is 10.9. The van der Waals surface area contributed by atoms with Crippen molar-refractivity contribution in [1.29, 1.82) is 0 Å². The Balaban J connectivity index is 1.93. The molecule has 10 heteroatoms. The Kier molecular flexibility index (Phi) is 10.0. The molecule has 0 spiro atoms. The highest BCUT2D eigenvalue weighted by molar-refractivity contribution is 5.92. The third-order valence-corrected chi connectivity index (χ3v) is 7.47. The molecular weight excluding hydrogens is 575 g/mol. The third kappa shape index (κ3) is 7.07.